The lowest BCUT2D eigenvalue weighted by Gasteiger charge is -2.28. The number of carbonyl (C=O) groups is 2. The van der Waals surface area contributed by atoms with Gasteiger partial charge in [-0.3, -0.25) is 9.69 Å². The molecular formula is C16H20BN3O5. The van der Waals surface area contributed by atoms with Gasteiger partial charge < -0.3 is 25.4 Å². The highest BCUT2D eigenvalue weighted by Gasteiger charge is 2.36. The third-order valence-corrected chi connectivity index (χ3v) is 4.49. The van der Waals surface area contributed by atoms with Gasteiger partial charge in [-0.25, -0.2) is 4.79 Å². The van der Waals surface area contributed by atoms with Gasteiger partial charge in [0.05, 0.1) is 18.2 Å². The van der Waals surface area contributed by atoms with Crippen LogP contribution in [0.25, 0.3) is 6.08 Å². The molecule has 8 nitrogen and oxygen atoms in total. The maximum absolute atomic E-state index is 12.4. The van der Waals surface area contributed by atoms with E-state index in [2.05, 4.69) is 5.32 Å². The first-order valence-electron chi connectivity index (χ1n) is 8.18. The van der Waals surface area contributed by atoms with Crippen molar-refractivity contribution < 1.29 is 24.7 Å². The molecule has 3 rings (SSSR count). The van der Waals surface area contributed by atoms with Crippen molar-refractivity contribution in [3.63, 3.8) is 0 Å². The number of rotatable bonds is 3. The number of phenols is 1. The summed E-state index contributed by atoms with van der Waals surface area (Å²) in [6, 6.07) is 4.30. The van der Waals surface area contributed by atoms with Crippen LogP contribution in [0.5, 0.6) is 5.75 Å². The molecule has 1 atom stereocenters. The number of nitrogens with zero attached hydrogens (tertiary/aromatic N) is 2. The first-order valence-corrected chi connectivity index (χ1v) is 8.18. The van der Waals surface area contributed by atoms with Crippen LogP contribution in [0.15, 0.2) is 24.3 Å². The van der Waals surface area contributed by atoms with Crippen molar-refractivity contribution in [3.8, 4) is 5.75 Å². The van der Waals surface area contributed by atoms with Gasteiger partial charge in [0.15, 0.2) is 0 Å². The summed E-state index contributed by atoms with van der Waals surface area (Å²) in [7, 11) is -1.58. The fraction of sp³-hybridized carbons (Fsp3) is 0.375. The Kier molecular flexibility index (Phi) is 4.96. The number of carbonyl (C=O) groups excluding carboxylic acids is 2. The molecule has 4 N–H and O–H groups in total. The molecule has 0 aromatic heterocycles. The zero-order chi connectivity index (χ0) is 18.0. The van der Waals surface area contributed by atoms with Crippen LogP contribution in [0.1, 0.15) is 18.4 Å². The van der Waals surface area contributed by atoms with Crippen molar-refractivity contribution in [2.75, 3.05) is 24.5 Å². The Balaban J connectivity index is 1.63. The van der Waals surface area contributed by atoms with Crippen LogP contribution in [0, 0.1) is 0 Å². The second-order valence-corrected chi connectivity index (χ2v) is 6.13. The zero-order valence-corrected chi connectivity index (χ0v) is 13.6. The van der Waals surface area contributed by atoms with E-state index in [1.807, 2.05) is 12.2 Å². The normalized spacial score (nSPS) is 18.9. The van der Waals surface area contributed by atoms with E-state index in [1.165, 1.54) is 15.9 Å². The highest BCUT2D eigenvalue weighted by Crippen LogP contribution is 2.29. The summed E-state index contributed by atoms with van der Waals surface area (Å²) in [4.78, 5) is 27.5. The zero-order valence-electron chi connectivity index (χ0n) is 13.6. The minimum Gasteiger partial charge on any atom is -0.508 e. The average Bonchev–Trinajstić information content (AvgIpc) is 3.09. The summed E-state index contributed by atoms with van der Waals surface area (Å²) in [5, 5.41) is 30.9. The van der Waals surface area contributed by atoms with Crippen LogP contribution < -0.4 is 10.2 Å². The topological polar surface area (TPSA) is 113 Å². The number of fused-ring (bicyclic) bond motifs is 1. The monoisotopic (exact) mass is 345 g/mol. The lowest BCUT2D eigenvalue weighted by Crippen LogP contribution is -2.50. The molecule has 3 amide bonds. The molecule has 0 spiro atoms. The number of phenolic OH excluding ortho intramolecular Hbond substituents is 1. The van der Waals surface area contributed by atoms with Gasteiger partial charge in [0.25, 0.3) is 0 Å². The van der Waals surface area contributed by atoms with Crippen molar-refractivity contribution in [1.82, 2.24) is 10.2 Å². The molecule has 1 aromatic carbocycles. The van der Waals surface area contributed by atoms with Crippen molar-refractivity contribution in [2.24, 2.45) is 0 Å². The number of nitrogens with one attached hydrogen (secondary N) is 1. The molecule has 25 heavy (non-hydrogen) atoms. The van der Waals surface area contributed by atoms with E-state index in [9.17, 15) is 24.7 Å². The summed E-state index contributed by atoms with van der Waals surface area (Å²) in [6.45, 7) is 0.550. The fourth-order valence-electron chi connectivity index (χ4n) is 3.24. The number of urea groups is 1. The standard InChI is InChI=1S/C16H20BN3O5/c21-12-6-5-11-3-1-7-19(13(11)9-12)16(23)18-10-15(22)20-8-2-4-14(20)17(24)25/h1,3,5-6,9,14,21,24-25H,2,4,7-8,10H2,(H,18,23)/t14-/m0/s1. The van der Waals surface area contributed by atoms with Crippen LogP contribution in [0.2, 0.25) is 0 Å². The Hall–Kier alpha value is -2.52. The second kappa shape index (κ2) is 7.16. The van der Waals surface area contributed by atoms with Crippen LogP contribution in [0.3, 0.4) is 0 Å². The van der Waals surface area contributed by atoms with Gasteiger partial charge in [-0.05, 0) is 30.5 Å². The van der Waals surface area contributed by atoms with Gasteiger partial charge in [0.1, 0.15) is 5.75 Å². The fourth-order valence-corrected chi connectivity index (χ4v) is 3.24. The number of anilines is 1. The second-order valence-electron chi connectivity index (χ2n) is 6.13. The number of aromatic hydroxyl groups is 1. The first-order chi connectivity index (χ1) is 12.0. The van der Waals surface area contributed by atoms with Crippen molar-refractivity contribution in [3.05, 3.63) is 29.8 Å². The molecule has 1 aromatic rings. The largest absolute Gasteiger partial charge is 0.508 e. The third-order valence-electron chi connectivity index (χ3n) is 4.49. The Bertz CT molecular complexity index is 709. The first kappa shape index (κ1) is 17.3. The molecular weight excluding hydrogens is 325 g/mol. The maximum atomic E-state index is 12.4. The van der Waals surface area contributed by atoms with E-state index in [0.29, 0.717) is 31.6 Å². The van der Waals surface area contributed by atoms with Crippen LogP contribution in [0.4, 0.5) is 10.5 Å². The third kappa shape index (κ3) is 3.62. The van der Waals surface area contributed by atoms with E-state index in [1.54, 1.807) is 12.1 Å². The van der Waals surface area contributed by atoms with E-state index >= 15 is 0 Å². The smallest absolute Gasteiger partial charge is 0.475 e. The summed E-state index contributed by atoms with van der Waals surface area (Å²) in [5.74, 6) is -0.924. The maximum Gasteiger partial charge on any atom is 0.475 e. The van der Waals surface area contributed by atoms with E-state index in [-0.39, 0.29) is 18.2 Å². The van der Waals surface area contributed by atoms with Gasteiger partial charge in [-0.15, -0.1) is 0 Å². The van der Waals surface area contributed by atoms with E-state index < -0.39 is 19.1 Å². The quantitative estimate of drug-likeness (QED) is 0.573. The molecule has 0 aliphatic carbocycles. The average molecular weight is 345 g/mol. The Morgan fingerprint density at radius 2 is 2.12 bits per heavy atom. The van der Waals surface area contributed by atoms with Crippen LogP contribution in [-0.2, 0) is 4.79 Å². The number of likely N-dealkylation sites (tertiary alicyclic amines) is 1. The minimum atomic E-state index is -1.58. The number of amides is 3. The highest BCUT2D eigenvalue weighted by molar-refractivity contribution is 6.43. The highest BCUT2D eigenvalue weighted by atomic mass is 16.4. The van der Waals surface area contributed by atoms with Crippen LogP contribution >= 0.6 is 0 Å². The van der Waals surface area contributed by atoms with Crippen molar-refractivity contribution >= 4 is 30.8 Å². The Morgan fingerprint density at radius 3 is 2.88 bits per heavy atom. The molecule has 2 aliphatic heterocycles. The Morgan fingerprint density at radius 1 is 1.32 bits per heavy atom. The van der Waals surface area contributed by atoms with Gasteiger partial charge in [-0.1, -0.05) is 12.2 Å². The molecule has 2 aliphatic rings. The lowest BCUT2D eigenvalue weighted by atomic mass is 9.78. The lowest BCUT2D eigenvalue weighted by molar-refractivity contribution is -0.130. The van der Waals surface area contributed by atoms with Crippen LogP contribution in [-0.4, -0.2) is 64.7 Å². The van der Waals surface area contributed by atoms with Gasteiger partial charge >= 0.3 is 13.1 Å². The van der Waals surface area contributed by atoms with Gasteiger partial charge in [0, 0.05) is 19.2 Å². The predicted molar refractivity (Wildman–Crippen MR) is 92.8 cm³/mol. The summed E-state index contributed by atoms with van der Waals surface area (Å²) in [6.07, 6.45) is 4.91. The molecule has 0 bridgehead atoms. The molecule has 0 saturated carbocycles. The molecule has 9 heteroatoms. The molecule has 1 fully saturated rings. The van der Waals surface area contributed by atoms with E-state index in [0.717, 1.165) is 5.56 Å². The summed E-state index contributed by atoms with van der Waals surface area (Å²) < 4.78 is 0. The number of hydrogen-bond acceptors (Lipinski definition) is 5. The van der Waals surface area contributed by atoms with Gasteiger partial charge in [-0.2, -0.15) is 0 Å². The summed E-state index contributed by atoms with van der Waals surface area (Å²) >= 11 is 0. The van der Waals surface area contributed by atoms with Gasteiger partial charge in [0.2, 0.25) is 5.91 Å². The Labute approximate surface area is 145 Å². The number of hydrogen-bond donors (Lipinski definition) is 4. The summed E-state index contributed by atoms with van der Waals surface area (Å²) in [5.41, 5.74) is 1.37. The molecule has 0 radical (unpaired) electrons. The SMILES string of the molecule is O=C(NCC(=O)N1CCC[C@H]1B(O)O)N1CC=Cc2ccc(O)cc21. The number of benzene rings is 1. The predicted octanol–water partition coefficient (Wildman–Crippen LogP) is -0.0620. The minimum absolute atomic E-state index is 0.0553. The molecule has 0 unspecified atom stereocenters. The van der Waals surface area contributed by atoms with Crippen molar-refractivity contribution in [2.45, 2.75) is 18.8 Å². The molecule has 1 saturated heterocycles. The molecule has 132 valence electrons. The molecule has 2 heterocycles. The van der Waals surface area contributed by atoms with E-state index in [4.69, 9.17) is 0 Å². The van der Waals surface area contributed by atoms with Crippen molar-refractivity contribution in [1.29, 1.82) is 0 Å².